The lowest BCUT2D eigenvalue weighted by Gasteiger charge is -2.06. The second kappa shape index (κ2) is 9.04. The molecule has 7 heteroatoms. The lowest BCUT2D eigenvalue weighted by atomic mass is 10.2. The summed E-state index contributed by atoms with van der Waals surface area (Å²) in [5.41, 5.74) is 6.29. The molecule has 0 saturated heterocycles. The average molecular weight is 337 g/mol. The Labute approximate surface area is 135 Å². The first-order chi connectivity index (χ1) is 10.8. The number of carbonyl (C=O) groups is 1. The van der Waals surface area contributed by atoms with Crippen LogP contribution in [0.15, 0.2) is 65.6 Å². The highest BCUT2D eigenvalue weighted by molar-refractivity contribution is 7.85. The Morgan fingerprint density at radius 3 is 1.96 bits per heavy atom. The number of carbonyl (C=O) groups excluding carboxylic acids is 1. The molecule has 0 aromatic heterocycles. The Hall–Kier alpha value is -2.22. The maximum absolute atomic E-state index is 11.0. The van der Waals surface area contributed by atoms with Crippen molar-refractivity contribution in [3.05, 3.63) is 66.2 Å². The zero-order valence-electron chi connectivity index (χ0n) is 12.6. The minimum Gasteiger partial charge on any atom is -0.460 e. The first-order valence-electron chi connectivity index (χ1n) is 6.79. The monoisotopic (exact) mass is 337 g/mol. The van der Waals surface area contributed by atoms with E-state index in [-0.39, 0.29) is 10.9 Å². The van der Waals surface area contributed by atoms with E-state index >= 15 is 0 Å². The second-order valence-corrected chi connectivity index (χ2v) is 6.09. The maximum atomic E-state index is 11.0. The van der Waals surface area contributed by atoms with Crippen LogP contribution in [0, 0.1) is 0 Å². The predicted molar refractivity (Wildman–Crippen MR) is 86.1 cm³/mol. The summed E-state index contributed by atoms with van der Waals surface area (Å²) in [5.74, 6) is -0.371. The summed E-state index contributed by atoms with van der Waals surface area (Å²) >= 11 is 0. The normalized spacial score (nSPS) is 11.8. The predicted octanol–water partition coefficient (Wildman–Crippen LogP) is 2.01. The molecule has 0 saturated carbocycles. The average Bonchev–Trinajstić information content (AvgIpc) is 2.54. The quantitative estimate of drug-likeness (QED) is 0.653. The first kappa shape index (κ1) is 18.8. The Balaban J connectivity index is 0.000000238. The highest BCUT2D eigenvalue weighted by Crippen LogP contribution is 2.05. The molecule has 124 valence electrons. The van der Waals surface area contributed by atoms with Crippen molar-refractivity contribution in [2.45, 2.75) is 24.5 Å². The first-order valence-corrected chi connectivity index (χ1v) is 8.23. The number of esters is 1. The van der Waals surface area contributed by atoms with E-state index in [0.717, 1.165) is 5.56 Å². The maximum Gasteiger partial charge on any atom is 0.322 e. The number of ether oxygens (including phenoxy) is 1. The van der Waals surface area contributed by atoms with Crippen molar-refractivity contribution in [2.24, 2.45) is 5.73 Å². The van der Waals surface area contributed by atoms with Crippen molar-refractivity contribution in [2.75, 3.05) is 0 Å². The molecule has 2 rings (SSSR count). The Kier molecular flexibility index (Phi) is 7.40. The standard InChI is InChI=1S/C10H13NO2.C6H6O3S/c1-8(11)10(12)13-7-9-5-3-2-4-6-9;7-10(8,9)6-4-2-1-3-5-6/h2-6,8H,7,11H2,1H3;1-5H,(H,7,8,9). The summed E-state index contributed by atoms with van der Waals surface area (Å²) in [4.78, 5) is 10.9. The van der Waals surface area contributed by atoms with E-state index in [1.54, 1.807) is 25.1 Å². The van der Waals surface area contributed by atoms with E-state index in [9.17, 15) is 13.2 Å². The van der Waals surface area contributed by atoms with E-state index in [1.807, 2.05) is 30.3 Å². The molecule has 2 aromatic carbocycles. The molecule has 0 heterocycles. The topological polar surface area (TPSA) is 107 Å². The van der Waals surface area contributed by atoms with Crippen LogP contribution in [0.1, 0.15) is 12.5 Å². The molecule has 23 heavy (non-hydrogen) atoms. The molecule has 0 aliphatic rings. The zero-order chi connectivity index (χ0) is 17.3. The minimum atomic E-state index is -4.00. The van der Waals surface area contributed by atoms with Crippen molar-refractivity contribution in [1.29, 1.82) is 0 Å². The fraction of sp³-hybridized carbons (Fsp3) is 0.188. The zero-order valence-corrected chi connectivity index (χ0v) is 13.4. The molecule has 0 aliphatic heterocycles. The number of rotatable bonds is 4. The summed E-state index contributed by atoms with van der Waals surface area (Å²) in [6.07, 6.45) is 0. The van der Waals surface area contributed by atoms with Crippen molar-refractivity contribution < 1.29 is 22.5 Å². The van der Waals surface area contributed by atoms with Crippen molar-refractivity contribution in [3.8, 4) is 0 Å². The summed E-state index contributed by atoms with van der Waals surface area (Å²) in [7, 11) is -4.00. The SMILES string of the molecule is CC(N)C(=O)OCc1ccccc1.O=S(=O)(O)c1ccccc1. The summed E-state index contributed by atoms with van der Waals surface area (Å²) in [6, 6.07) is 16.4. The van der Waals surface area contributed by atoms with E-state index < -0.39 is 16.2 Å². The Morgan fingerprint density at radius 2 is 1.57 bits per heavy atom. The van der Waals surface area contributed by atoms with E-state index in [2.05, 4.69) is 0 Å². The molecule has 0 amide bonds. The van der Waals surface area contributed by atoms with Gasteiger partial charge in [0, 0.05) is 0 Å². The van der Waals surface area contributed by atoms with Crippen LogP contribution in [0.3, 0.4) is 0 Å². The van der Waals surface area contributed by atoms with Gasteiger partial charge in [0.2, 0.25) is 0 Å². The van der Waals surface area contributed by atoms with Crippen LogP contribution in [0.25, 0.3) is 0 Å². The molecule has 0 aliphatic carbocycles. The molecule has 2 aromatic rings. The van der Waals surface area contributed by atoms with Crippen LogP contribution >= 0.6 is 0 Å². The third kappa shape index (κ3) is 7.55. The van der Waals surface area contributed by atoms with Crippen molar-refractivity contribution in [3.63, 3.8) is 0 Å². The molecule has 0 fully saturated rings. The van der Waals surface area contributed by atoms with E-state index in [0.29, 0.717) is 6.61 Å². The largest absolute Gasteiger partial charge is 0.460 e. The number of hydrogen-bond donors (Lipinski definition) is 2. The highest BCUT2D eigenvalue weighted by atomic mass is 32.2. The van der Waals surface area contributed by atoms with Gasteiger partial charge in [-0.1, -0.05) is 48.5 Å². The molecule has 0 radical (unpaired) electrons. The molecule has 6 nitrogen and oxygen atoms in total. The Bertz CT molecular complexity index is 700. The van der Waals surface area contributed by atoms with Gasteiger partial charge in [0.05, 0.1) is 4.90 Å². The lowest BCUT2D eigenvalue weighted by molar-refractivity contribution is -0.146. The summed E-state index contributed by atoms with van der Waals surface area (Å²) in [5, 5.41) is 0. The smallest absolute Gasteiger partial charge is 0.322 e. The molecule has 3 N–H and O–H groups in total. The second-order valence-electron chi connectivity index (χ2n) is 4.67. The van der Waals surface area contributed by atoms with Gasteiger partial charge in [-0.25, -0.2) is 0 Å². The third-order valence-corrected chi connectivity index (χ3v) is 3.50. The molecule has 0 bridgehead atoms. The highest BCUT2D eigenvalue weighted by Gasteiger charge is 2.08. The van der Waals surface area contributed by atoms with E-state index in [4.69, 9.17) is 15.0 Å². The van der Waals surface area contributed by atoms with Crippen molar-refractivity contribution >= 4 is 16.1 Å². The summed E-state index contributed by atoms with van der Waals surface area (Å²) < 4.78 is 34.2. The number of nitrogens with two attached hydrogens (primary N) is 1. The van der Waals surface area contributed by atoms with Gasteiger partial charge >= 0.3 is 5.97 Å². The third-order valence-electron chi connectivity index (χ3n) is 2.64. The van der Waals surface area contributed by atoms with Gasteiger partial charge in [0.1, 0.15) is 12.6 Å². The van der Waals surface area contributed by atoms with Crippen LogP contribution in [0.2, 0.25) is 0 Å². The van der Waals surface area contributed by atoms with Crippen LogP contribution in [0.4, 0.5) is 0 Å². The molecule has 0 spiro atoms. The molecular formula is C16H19NO5S. The number of hydrogen-bond acceptors (Lipinski definition) is 5. The van der Waals surface area contributed by atoms with Gasteiger partial charge in [-0.05, 0) is 24.6 Å². The van der Waals surface area contributed by atoms with Gasteiger partial charge in [-0.3, -0.25) is 9.35 Å². The van der Waals surface area contributed by atoms with Crippen LogP contribution in [-0.2, 0) is 26.3 Å². The van der Waals surface area contributed by atoms with Crippen LogP contribution in [-0.4, -0.2) is 25.0 Å². The van der Waals surface area contributed by atoms with Gasteiger partial charge in [-0.2, -0.15) is 8.42 Å². The molecule has 1 unspecified atom stereocenters. The minimum absolute atomic E-state index is 0.0741. The lowest BCUT2D eigenvalue weighted by Crippen LogP contribution is -2.28. The fourth-order valence-electron chi connectivity index (χ4n) is 1.45. The van der Waals surface area contributed by atoms with E-state index in [1.165, 1.54) is 12.1 Å². The number of benzene rings is 2. The molecule has 1 atom stereocenters. The van der Waals surface area contributed by atoms with Gasteiger partial charge in [0.25, 0.3) is 10.1 Å². The van der Waals surface area contributed by atoms with Gasteiger partial charge < -0.3 is 10.5 Å². The molecular weight excluding hydrogens is 318 g/mol. The fourth-order valence-corrected chi connectivity index (χ4v) is 1.95. The summed E-state index contributed by atoms with van der Waals surface area (Å²) in [6.45, 7) is 1.90. The van der Waals surface area contributed by atoms with Crippen LogP contribution < -0.4 is 5.73 Å². The van der Waals surface area contributed by atoms with Gasteiger partial charge in [0.15, 0.2) is 0 Å². The van der Waals surface area contributed by atoms with Crippen molar-refractivity contribution in [1.82, 2.24) is 0 Å². The van der Waals surface area contributed by atoms with Gasteiger partial charge in [-0.15, -0.1) is 0 Å². The Morgan fingerprint density at radius 1 is 1.09 bits per heavy atom. The van der Waals surface area contributed by atoms with Crippen LogP contribution in [0.5, 0.6) is 0 Å².